The summed E-state index contributed by atoms with van der Waals surface area (Å²) >= 11 is 0. The lowest BCUT2D eigenvalue weighted by molar-refractivity contribution is -0.131. The van der Waals surface area contributed by atoms with Crippen molar-refractivity contribution in [3.8, 4) is 0 Å². The summed E-state index contributed by atoms with van der Waals surface area (Å²) in [6.45, 7) is 1.93. The second-order valence-corrected chi connectivity index (χ2v) is 5.13. The molecule has 0 aliphatic carbocycles. The summed E-state index contributed by atoms with van der Waals surface area (Å²) in [7, 11) is 0. The number of aromatic nitrogens is 2. The Balaban J connectivity index is 1.74. The monoisotopic (exact) mass is 262 g/mol. The van der Waals surface area contributed by atoms with E-state index in [2.05, 4.69) is 9.97 Å². The molecule has 2 fully saturated rings. The van der Waals surface area contributed by atoms with Gasteiger partial charge in [-0.25, -0.2) is 9.97 Å². The molecule has 19 heavy (non-hydrogen) atoms. The summed E-state index contributed by atoms with van der Waals surface area (Å²) in [5.41, 5.74) is 0. The second kappa shape index (κ2) is 5.13. The number of amides is 1. The Bertz CT molecular complexity index is 453. The van der Waals surface area contributed by atoms with Crippen molar-refractivity contribution in [2.75, 3.05) is 24.5 Å². The molecule has 102 valence electrons. The predicted octanol–water partition coefficient (Wildman–Crippen LogP) is 0.0386. The van der Waals surface area contributed by atoms with Crippen molar-refractivity contribution >= 4 is 11.9 Å². The van der Waals surface area contributed by atoms with Crippen molar-refractivity contribution in [2.24, 2.45) is 0 Å². The van der Waals surface area contributed by atoms with Crippen LogP contribution in [0, 0.1) is 0 Å². The van der Waals surface area contributed by atoms with Crippen molar-refractivity contribution in [2.45, 2.75) is 31.4 Å². The number of aliphatic hydroxyl groups is 1. The van der Waals surface area contributed by atoms with Gasteiger partial charge in [-0.1, -0.05) is 0 Å². The van der Waals surface area contributed by atoms with Gasteiger partial charge in [0.2, 0.25) is 11.9 Å². The first-order valence-corrected chi connectivity index (χ1v) is 6.76. The van der Waals surface area contributed by atoms with E-state index in [1.165, 1.54) is 0 Å². The Kier molecular flexibility index (Phi) is 3.33. The molecule has 0 aromatic carbocycles. The van der Waals surface area contributed by atoms with Gasteiger partial charge in [0.1, 0.15) is 6.04 Å². The van der Waals surface area contributed by atoms with Crippen LogP contribution < -0.4 is 4.90 Å². The molecule has 0 saturated carbocycles. The van der Waals surface area contributed by atoms with Crippen LogP contribution >= 0.6 is 0 Å². The summed E-state index contributed by atoms with van der Waals surface area (Å²) < 4.78 is 0. The maximum absolute atomic E-state index is 12.5. The van der Waals surface area contributed by atoms with E-state index >= 15 is 0 Å². The number of carbonyl (C=O) groups excluding carboxylic acids is 1. The van der Waals surface area contributed by atoms with Gasteiger partial charge in [0, 0.05) is 32.0 Å². The highest BCUT2D eigenvalue weighted by molar-refractivity contribution is 5.85. The molecule has 2 aliphatic heterocycles. The quantitative estimate of drug-likeness (QED) is 0.815. The third-order valence-electron chi connectivity index (χ3n) is 3.82. The van der Waals surface area contributed by atoms with E-state index in [1.54, 1.807) is 23.4 Å². The van der Waals surface area contributed by atoms with Gasteiger partial charge >= 0.3 is 0 Å². The van der Waals surface area contributed by atoms with Crippen LogP contribution in [0.2, 0.25) is 0 Å². The van der Waals surface area contributed by atoms with E-state index in [-0.39, 0.29) is 18.1 Å². The molecule has 1 amide bonds. The number of carbonyl (C=O) groups is 1. The first-order chi connectivity index (χ1) is 9.25. The number of anilines is 1. The van der Waals surface area contributed by atoms with Gasteiger partial charge < -0.3 is 14.9 Å². The highest BCUT2D eigenvalue weighted by Gasteiger charge is 2.37. The fraction of sp³-hybridized carbons (Fsp3) is 0.615. The zero-order chi connectivity index (χ0) is 13.2. The average Bonchev–Trinajstić information content (AvgIpc) is 3.07. The zero-order valence-electron chi connectivity index (χ0n) is 10.8. The minimum atomic E-state index is -0.369. The van der Waals surface area contributed by atoms with Crippen LogP contribution in [0.25, 0.3) is 0 Å². The number of hydrogen-bond donors (Lipinski definition) is 1. The Labute approximate surface area is 112 Å². The molecular weight excluding hydrogens is 244 g/mol. The molecule has 0 bridgehead atoms. The summed E-state index contributed by atoms with van der Waals surface area (Å²) in [6.07, 6.45) is 5.52. The van der Waals surface area contributed by atoms with E-state index in [1.807, 2.05) is 4.90 Å². The summed E-state index contributed by atoms with van der Waals surface area (Å²) in [5.74, 6) is 0.722. The first-order valence-electron chi connectivity index (χ1n) is 6.76. The number of rotatable bonds is 2. The molecule has 0 spiro atoms. The minimum Gasteiger partial charge on any atom is -0.391 e. The maximum atomic E-state index is 12.5. The summed E-state index contributed by atoms with van der Waals surface area (Å²) in [5, 5.41) is 9.54. The predicted molar refractivity (Wildman–Crippen MR) is 69.6 cm³/mol. The fourth-order valence-electron chi connectivity index (χ4n) is 2.86. The zero-order valence-corrected chi connectivity index (χ0v) is 10.8. The molecule has 3 rings (SSSR count). The number of likely N-dealkylation sites (tertiary alicyclic amines) is 1. The molecule has 6 nitrogen and oxygen atoms in total. The van der Waals surface area contributed by atoms with Gasteiger partial charge in [0.05, 0.1) is 6.10 Å². The van der Waals surface area contributed by atoms with E-state index in [9.17, 15) is 9.90 Å². The lowest BCUT2D eigenvalue weighted by Gasteiger charge is -2.27. The molecular formula is C13H18N4O2. The van der Waals surface area contributed by atoms with Crippen LogP contribution in [0.3, 0.4) is 0 Å². The van der Waals surface area contributed by atoms with Crippen LogP contribution in [0.1, 0.15) is 19.3 Å². The van der Waals surface area contributed by atoms with E-state index < -0.39 is 0 Å². The molecule has 1 aromatic heterocycles. The molecule has 0 radical (unpaired) electrons. The number of nitrogens with zero attached hydrogens (tertiary/aromatic N) is 4. The smallest absolute Gasteiger partial charge is 0.245 e. The summed E-state index contributed by atoms with van der Waals surface area (Å²) in [4.78, 5) is 24.7. The van der Waals surface area contributed by atoms with Gasteiger partial charge in [0.15, 0.2) is 0 Å². The first kappa shape index (κ1) is 12.3. The van der Waals surface area contributed by atoms with Crippen LogP contribution in [0.15, 0.2) is 18.5 Å². The Morgan fingerprint density at radius 2 is 2.05 bits per heavy atom. The lowest BCUT2D eigenvalue weighted by atomic mass is 10.2. The standard InChI is InChI=1S/C13H18N4O2/c18-10-4-8-16(9-10)12(19)11-3-1-7-17(11)13-14-5-2-6-15-13/h2,5-6,10-11,18H,1,3-4,7-9H2/t10-,11?/m1/s1. The highest BCUT2D eigenvalue weighted by Crippen LogP contribution is 2.24. The second-order valence-electron chi connectivity index (χ2n) is 5.13. The molecule has 1 N–H and O–H groups in total. The van der Waals surface area contributed by atoms with Crippen LogP contribution in [-0.4, -0.2) is 57.7 Å². The van der Waals surface area contributed by atoms with Gasteiger partial charge in [-0.3, -0.25) is 4.79 Å². The Morgan fingerprint density at radius 1 is 1.26 bits per heavy atom. The van der Waals surface area contributed by atoms with Crippen molar-refractivity contribution in [1.82, 2.24) is 14.9 Å². The lowest BCUT2D eigenvalue weighted by Crippen LogP contribution is -2.45. The molecule has 6 heteroatoms. The fourth-order valence-corrected chi connectivity index (χ4v) is 2.86. The van der Waals surface area contributed by atoms with Crippen LogP contribution in [0.5, 0.6) is 0 Å². The average molecular weight is 262 g/mol. The van der Waals surface area contributed by atoms with Crippen LogP contribution in [0.4, 0.5) is 5.95 Å². The molecule has 1 unspecified atom stereocenters. The third kappa shape index (κ3) is 2.40. The molecule has 2 atom stereocenters. The van der Waals surface area contributed by atoms with Gasteiger partial charge in [-0.15, -0.1) is 0 Å². The molecule has 1 aromatic rings. The van der Waals surface area contributed by atoms with E-state index in [0.29, 0.717) is 25.5 Å². The topological polar surface area (TPSA) is 69.6 Å². The normalized spacial score (nSPS) is 27.0. The number of β-amino-alcohol motifs (C(OH)–C–C–N with tert-alkyl or cyclic N) is 1. The maximum Gasteiger partial charge on any atom is 0.245 e. The molecule has 2 saturated heterocycles. The summed E-state index contributed by atoms with van der Waals surface area (Å²) in [6, 6.07) is 1.60. The molecule has 2 aliphatic rings. The van der Waals surface area contributed by atoms with Crippen molar-refractivity contribution in [3.05, 3.63) is 18.5 Å². The number of aliphatic hydroxyl groups excluding tert-OH is 1. The van der Waals surface area contributed by atoms with Crippen molar-refractivity contribution < 1.29 is 9.90 Å². The Morgan fingerprint density at radius 3 is 2.74 bits per heavy atom. The van der Waals surface area contributed by atoms with Crippen molar-refractivity contribution in [1.29, 1.82) is 0 Å². The SMILES string of the molecule is O=C(C1CCCN1c1ncccn1)N1CC[C@@H](O)C1. The Hall–Kier alpha value is -1.69. The van der Waals surface area contributed by atoms with Gasteiger partial charge in [-0.05, 0) is 25.3 Å². The van der Waals surface area contributed by atoms with Gasteiger partial charge in [0.25, 0.3) is 0 Å². The largest absolute Gasteiger partial charge is 0.391 e. The van der Waals surface area contributed by atoms with Gasteiger partial charge in [-0.2, -0.15) is 0 Å². The highest BCUT2D eigenvalue weighted by atomic mass is 16.3. The number of hydrogen-bond acceptors (Lipinski definition) is 5. The van der Waals surface area contributed by atoms with E-state index in [0.717, 1.165) is 19.4 Å². The minimum absolute atomic E-state index is 0.0986. The van der Waals surface area contributed by atoms with Crippen LogP contribution in [-0.2, 0) is 4.79 Å². The molecule has 3 heterocycles. The van der Waals surface area contributed by atoms with E-state index in [4.69, 9.17) is 0 Å². The van der Waals surface area contributed by atoms with Crippen molar-refractivity contribution in [3.63, 3.8) is 0 Å². The third-order valence-corrected chi connectivity index (χ3v) is 3.82.